The van der Waals surface area contributed by atoms with Gasteiger partial charge in [-0.25, -0.2) is 0 Å². The van der Waals surface area contributed by atoms with Crippen LogP contribution in [0.25, 0.3) is 11.3 Å². The SMILES string of the molecule is CC.CC.CN=N/C1=C(\C)c2ccccc2CN(C)c2ccccc21. The van der Waals surface area contributed by atoms with E-state index < -0.39 is 0 Å². The molecule has 1 aliphatic rings. The van der Waals surface area contributed by atoms with Gasteiger partial charge in [0.05, 0.1) is 5.70 Å². The third-order valence-electron chi connectivity index (χ3n) is 3.95. The number of anilines is 1. The van der Waals surface area contributed by atoms with Gasteiger partial charge in [-0.2, -0.15) is 10.2 Å². The Hall–Kier alpha value is -2.42. The highest BCUT2D eigenvalue weighted by Gasteiger charge is 2.19. The second-order valence-electron chi connectivity index (χ2n) is 5.30. The molecule has 3 nitrogen and oxygen atoms in total. The molecule has 3 heteroatoms. The van der Waals surface area contributed by atoms with E-state index in [1.165, 1.54) is 22.4 Å². The first-order valence-corrected chi connectivity index (χ1v) is 9.12. The fourth-order valence-corrected chi connectivity index (χ4v) is 2.93. The summed E-state index contributed by atoms with van der Waals surface area (Å²) in [5.74, 6) is 0. The third-order valence-corrected chi connectivity index (χ3v) is 3.95. The van der Waals surface area contributed by atoms with Gasteiger partial charge in [0.1, 0.15) is 0 Å². The minimum absolute atomic E-state index is 0.890. The van der Waals surface area contributed by atoms with Crippen molar-refractivity contribution >= 4 is 17.0 Å². The van der Waals surface area contributed by atoms with Gasteiger partial charge in [0, 0.05) is 31.9 Å². The zero-order valence-electron chi connectivity index (χ0n) is 16.7. The monoisotopic (exact) mass is 337 g/mol. The Kier molecular flexibility index (Phi) is 8.62. The van der Waals surface area contributed by atoms with E-state index in [1.807, 2.05) is 27.7 Å². The second kappa shape index (κ2) is 10.4. The van der Waals surface area contributed by atoms with E-state index >= 15 is 0 Å². The van der Waals surface area contributed by atoms with Gasteiger partial charge in [-0.05, 0) is 29.7 Å². The Bertz CT molecular complexity index is 730. The molecule has 134 valence electrons. The van der Waals surface area contributed by atoms with Crippen LogP contribution in [0.3, 0.4) is 0 Å². The lowest BCUT2D eigenvalue weighted by Crippen LogP contribution is -2.20. The molecule has 1 heterocycles. The zero-order chi connectivity index (χ0) is 18.8. The predicted octanol–water partition coefficient (Wildman–Crippen LogP) is 6.66. The molecule has 0 fully saturated rings. The van der Waals surface area contributed by atoms with Crippen molar-refractivity contribution in [2.24, 2.45) is 10.2 Å². The molecule has 0 amide bonds. The average molecular weight is 338 g/mol. The van der Waals surface area contributed by atoms with Crippen LogP contribution in [0.5, 0.6) is 0 Å². The molecule has 0 spiro atoms. The standard InChI is InChI=1S/C18H19N3.2C2H6/c1-13-15-9-5-4-8-14(15)12-21(3)17-11-7-6-10-16(17)18(13)20-19-2;2*1-2/h4-11H,12H2,1-3H3;2*1-2H3/b18-13+,20-19?;;. The fraction of sp³-hybridized carbons (Fsp3) is 0.364. The van der Waals surface area contributed by atoms with Crippen LogP contribution in [-0.4, -0.2) is 14.1 Å². The molecule has 0 unspecified atom stereocenters. The molecule has 2 aromatic carbocycles. The molecular weight excluding hydrogens is 306 g/mol. The van der Waals surface area contributed by atoms with E-state index in [0.717, 1.165) is 17.8 Å². The summed E-state index contributed by atoms with van der Waals surface area (Å²) in [5, 5.41) is 8.45. The average Bonchev–Trinajstić information content (AvgIpc) is 2.68. The van der Waals surface area contributed by atoms with E-state index in [1.54, 1.807) is 7.05 Å². The van der Waals surface area contributed by atoms with Gasteiger partial charge in [0.25, 0.3) is 0 Å². The molecule has 1 aliphatic heterocycles. The largest absolute Gasteiger partial charge is 0.370 e. The highest BCUT2D eigenvalue weighted by Crippen LogP contribution is 2.37. The summed E-state index contributed by atoms with van der Waals surface area (Å²) in [6.07, 6.45) is 0. The highest BCUT2D eigenvalue weighted by molar-refractivity contribution is 5.94. The summed E-state index contributed by atoms with van der Waals surface area (Å²) in [7, 11) is 3.84. The molecule has 0 aliphatic carbocycles. The lowest BCUT2D eigenvalue weighted by atomic mass is 9.93. The van der Waals surface area contributed by atoms with Crippen molar-refractivity contribution in [3.63, 3.8) is 0 Å². The first-order valence-electron chi connectivity index (χ1n) is 9.12. The Morgan fingerprint density at radius 2 is 1.40 bits per heavy atom. The van der Waals surface area contributed by atoms with Crippen LogP contribution in [0.2, 0.25) is 0 Å². The van der Waals surface area contributed by atoms with E-state index in [2.05, 4.69) is 77.6 Å². The summed E-state index contributed by atoms with van der Waals surface area (Å²) in [5.41, 5.74) is 7.02. The van der Waals surface area contributed by atoms with Crippen LogP contribution in [-0.2, 0) is 6.54 Å². The number of hydrogen-bond donors (Lipinski definition) is 0. The molecule has 0 saturated carbocycles. The molecule has 2 aromatic rings. The van der Waals surface area contributed by atoms with Crippen molar-refractivity contribution in [3.8, 4) is 0 Å². The predicted molar refractivity (Wildman–Crippen MR) is 111 cm³/mol. The quantitative estimate of drug-likeness (QED) is 0.535. The molecule has 3 rings (SSSR count). The van der Waals surface area contributed by atoms with E-state index in [-0.39, 0.29) is 0 Å². The summed E-state index contributed by atoms with van der Waals surface area (Å²) < 4.78 is 0. The van der Waals surface area contributed by atoms with Crippen molar-refractivity contribution < 1.29 is 0 Å². The maximum atomic E-state index is 4.42. The van der Waals surface area contributed by atoms with Crippen LogP contribution < -0.4 is 4.90 Å². The maximum absolute atomic E-state index is 4.42. The van der Waals surface area contributed by atoms with E-state index in [9.17, 15) is 0 Å². The number of nitrogens with zero attached hydrogens (tertiary/aromatic N) is 3. The van der Waals surface area contributed by atoms with Crippen molar-refractivity contribution in [2.75, 3.05) is 19.0 Å². The number of allylic oxidation sites excluding steroid dienone is 1. The number of para-hydroxylation sites is 1. The molecule has 0 aromatic heterocycles. The van der Waals surface area contributed by atoms with Gasteiger partial charge in [-0.3, -0.25) is 0 Å². The Balaban J connectivity index is 0.000000730. The van der Waals surface area contributed by atoms with Gasteiger partial charge in [0.2, 0.25) is 0 Å². The van der Waals surface area contributed by atoms with Crippen LogP contribution in [0.15, 0.2) is 58.8 Å². The van der Waals surface area contributed by atoms with E-state index in [0.29, 0.717) is 0 Å². The van der Waals surface area contributed by atoms with Gasteiger partial charge in [-0.15, -0.1) is 0 Å². The lowest BCUT2D eigenvalue weighted by Gasteiger charge is -2.27. The minimum atomic E-state index is 0.890. The number of fused-ring (bicyclic) bond motifs is 2. The Labute approximate surface area is 153 Å². The smallest absolute Gasteiger partial charge is 0.0980 e. The normalized spacial score (nSPS) is 15.7. The Morgan fingerprint density at radius 1 is 0.840 bits per heavy atom. The van der Waals surface area contributed by atoms with Crippen molar-refractivity contribution in [2.45, 2.75) is 41.2 Å². The van der Waals surface area contributed by atoms with Crippen LogP contribution in [0, 0.1) is 0 Å². The molecule has 0 saturated heterocycles. The third kappa shape index (κ3) is 4.56. The molecule has 0 atom stereocenters. The van der Waals surface area contributed by atoms with E-state index in [4.69, 9.17) is 0 Å². The van der Waals surface area contributed by atoms with Gasteiger partial charge in [0.15, 0.2) is 0 Å². The first kappa shape index (κ1) is 20.6. The second-order valence-corrected chi connectivity index (χ2v) is 5.30. The van der Waals surface area contributed by atoms with Crippen LogP contribution in [0.4, 0.5) is 5.69 Å². The number of azo groups is 1. The summed E-state index contributed by atoms with van der Waals surface area (Å²) in [4.78, 5) is 2.27. The minimum Gasteiger partial charge on any atom is -0.370 e. The van der Waals surface area contributed by atoms with Crippen molar-refractivity contribution in [3.05, 3.63) is 65.2 Å². The lowest BCUT2D eigenvalue weighted by molar-refractivity contribution is 0.913. The van der Waals surface area contributed by atoms with Crippen LogP contribution >= 0.6 is 0 Å². The van der Waals surface area contributed by atoms with Gasteiger partial charge in [-0.1, -0.05) is 70.2 Å². The topological polar surface area (TPSA) is 28.0 Å². The number of rotatable bonds is 1. The summed E-state index contributed by atoms with van der Waals surface area (Å²) in [6, 6.07) is 16.9. The fourth-order valence-electron chi connectivity index (χ4n) is 2.93. The van der Waals surface area contributed by atoms with Crippen LogP contribution in [0.1, 0.15) is 51.3 Å². The Morgan fingerprint density at radius 3 is 2.04 bits per heavy atom. The number of hydrogen-bond acceptors (Lipinski definition) is 3. The number of benzene rings is 2. The molecule has 25 heavy (non-hydrogen) atoms. The maximum Gasteiger partial charge on any atom is 0.0980 e. The summed E-state index contributed by atoms with van der Waals surface area (Å²) in [6.45, 7) is 11.0. The molecule has 0 bridgehead atoms. The molecular formula is C22H31N3. The summed E-state index contributed by atoms with van der Waals surface area (Å²) >= 11 is 0. The molecule has 0 N–H and O–H groups in total. The molecule has 0 radical (unpaired) electrons. The highest BCUT2D eigenvalue weighted by atomic mass is 15.1. The van der Waals surface area contributed by atoms with Gasteiger partial charge >= 0.3 is 0 Å². The first-order chi connectivity index (χ1) is 12.2. The van der Waals surface area contributed by atoms with Crippen molar-refractivity contribution in [1.82, 2.24) is 0 Å². The van der Waals surface area contributed by atoms with Gasteiger partial charge < -0.3 is 4.90 Å². The van der Waals surface area contributed by atoms with Crippen molar-refractivity contribution in [1.29, 1.82) is 0 Å². The zero-order valence-corrected chi connectivity index (χ0v) is 16.7.